The number of ether oxygens (including phenoxy) is 2. The van der Waals surface area contributed by atoms with Crippen molar-refractivity contribution in [3.05, 3.63) is 87.6 Å². The van der Waals surface area contributed by atoms with Crippen LogP contribution < -0.4 is 14.4 Å². The second-order valence-electron chi connectivity index (χ2n) is 9.58. The third kappa shape index (κ3) is 4.40. The second kappa shape index (κ2) is 9.16. The molecule has 1 N–H and O–H groups in total. The van der Waals surface area contributed by atoms with E-state index in [4.69, 9.17) is 25.6 Å². The van der Waals surface area contributed by atoms with Crippen molar-refractivity contribution in [1.29, 1.82) is 0 Å². The third-order valence-corrected chi connectivity index (χ3v) is 7.20. The fourth-order valence-corrected chi connectivity index (χ4v) is 5.09. The van der Waals surface area contributed by atoms with Gasteiger partial charge in [-0.2, -0.15) is 0 Å². The Morgan fingerprint density at radius 2 is 2.00 bits per heavy atom. The summed E-state index contributed by atoms with van der Waals surface area (Å²) in [6, 6.07) is 16.4. The molecule has 1 aliphatic carbocycles. The second-order valence-corrected chi connectivity index (χ2v) is 9.99. The van der Waals surface area contributed by atoms with Gasteiger partial charge in [-0.05, 0) is 67.8 Å². The van der Waals surface area contributed by atoms with Crippen molar-refractivity contribution in [2.45, 2.75) is 38.8 Å². The molecule has 0 radical (unpaired) electrons. The van der Waals surface area contributed by atoms with Crippen LogP contribution in [0.4, 0.5) is 5.69 Å². The lowest BCUT2D eigenvalue weighted by atomic mass is 10.0. The van der Waals surface area contributed by atoms with Crippen LogP contribution in [0.5, 0.6) is 17.2 Å². The fourth-order valence-electron chi connectivity index (χ4n) is 4.78. The van der Waals surface area contributed by atoms with Crippen molar-refractivity contribution in [3.8, 4) is 28.5 Å². The van der Waals surface area contributed by atoms with Gasteiger partial charge in [-0.1, -0.05) is 28.9 Å². The number of aromatic carboxylic acids is 1. The zero-order chi connectivity index (χ0) is 25.7. The van der Waals surface area contributed by atoms with Gasteiger partial charge in [0.15, 0.2) is 5.75 Å². The molecule has 2 aliphatic rings. The van der Waals surface area contributed by atoms with Gasteiger partial charge in [0.1, 0.15) is 29.6 Å². The number of nitrogens with zero attached hydrogens (tertiary/aromatic N) is 2. The van der Waals surface area contributed by atoms with Crippen LogP contribution >= 0.6 is 11.6 Å². The van der Waals surface area contributed by atoms with Crippen LogP contribution in [0.15, 0.2) is 59.1 Å². The van der Waals surface area contributed by atoms with Gasteiger partial charge in [-0.15, -0.1) is 0 Å². The average molecular weight is 517 g/mol. The molecule has 8 heteroatoms. The molecule has 0 unspecified atom stereocenters. The highest BCUT2D eigenvalue weighted by atomic mass is 35.5. The van der Waals surface area contributed by atoms with E-state index >= 15 is 0 Å². The Morgan fingerprint density at radius 1 is 1.16 bits per heavy atom. The van der Waals surface area contributed by atoms with E-state index in [1.54, 1.807) is 18.2 Å². The summed E-state index contributed by atoms with van der Waals surface area (Å²) < 4.78 is 18.2. The van der Waals surface area contributed by atoms with Crippen LogP contribution in [0, 0.1) is 6.92 Å². The SMILES string of the molecule is Cc1cccc(Cl)c1-c1noc(C2CC2)c1COc1ccc2c(c1)CN(C)c1ccc(C(=O)O)cc1O2. The maximum atomic E-state index is 11.4. The summed E-state index contributed by atoms with van der Waals surface area (Å²) in [5, 5.41) is 14.4. The number of halogens is 1. The van der Waals surface area contributed by atoms with Gasteiger partial charge in [0.25, 0.3) is 0 Å². The van der Waals surface area contributed by atoms with Crippen molar-refractivity contribution < 1.29 is 23.9 Å². The van der Waals surface area contributed by atoms with Crippen LogP contribution in [0.2, 0.25) is 5.02 Å². The maximum absolute atomic E-state index is 11.4. The molecular weight excluding hydrogens is 492 g/mol. The van der Waals surface area contributed by atoms with Gasteiger partial charge in [0, 0.05) is 30.6 Å². The summed E-state index contributed by atoms with van der Waals surface area (Å²) in [6.07, 6.45) is 2.16. The summed E-state index contributed by atoms with van der Waals surface area (Å²) in [4.78, 5) is 13.5. The molecule has 0 spiro atoms. The van der Waals surface area contributed by atoms with E-state index in [2.05, 4.69) is 5.16 Å². The summed E-state index contributed by atoms with van der Waals surface area (Å²) >= 11 is 6.56. The maximum Gasteiger partial charge on any atom is 0.335 e. The molecule has 37 heavy (non-hydrogen) atoms. The standard InChI is InChI=1S/C29H25ClN2O5/c1-16-4-3-5-22(30)26(16)27-21(28(37-31-27)17-6-7-17)15-35-20-9-11-24-19(12-20)14-32(2)23-10-8-18(29(33)34)13-25(23)36-24/h3-5,8-13,17H,6-7,14-15H2,1-2H3,(H,33,34). The number of fused-ring (bicyclic) bond motifs is 2. The minimum atomic E-state index is -0.993. The topological polar surface area (TPSA) is 85.0 Å². The van der Waals surface area contributed by atoms with E-state index in [1.165, 1.54) is 0 Å². The number of carbonyl (C=O) groups is 1. The fraction of sp³-hybridized carbons (Fsp3) is 0.241. The van der Waals surface area contributed by atoms with Gasteiger partial charge in [0.05, 0.1) is 21.8 Å². The molecule has 1 fully saturated rings. The van der Waals surface area contributed by atoms with Crippen molar-refractivity contribution >= 4 is 23.3 Å². The number of aromatic nitrogens is 1. The van der Waals surface area contributed by atoms with Crippen molar-refractivity contribution in [1.82, 2.24) is 5.16 Å². The quantitative estimate of drug-likeness (QED) is 0.290. The smallest absolute Gasteiger partial charge is 0.335 e. The van der Waals surface area contributed by atoms with Crippen LogP contribution in [-0.4, -0.2) is 23.3 Å². The average Bonchev–Trinajstić information content (AvgIpc) is 3.65. The molecule has 6 rings (SSSR count). The Bertz CT molecular complexity index is 1500. The molecule has 0 atom stereocenters. The van der Waals surface area contributed by atoms with Crippen LogP contribution in [0.1, 0.15) is 51.6 Å². The first kappa shape index (κ1) is 23.4. The van der Waals surface area contributed by atoms with Crippen LogP contribution in [-0.2, 0) is 13.2 Å². The highest BCUT2D eigenvalue weighted by Crippen LogP contribution is 2.46. The largest absolute Gasteiger partial charge is 0.489 e. The number of aryl methyl sites for hydroxylation is 1. The number of anilines is 1. The number of hydrogen-bond acceptors (Lipinski definition) is 6. The molecule has 0 bridgehead atoms. The van der Waals surface area contributed by atoms with E-state index in [0.29, 0.717) is 41.3 Å². The number of carboxylic acid groups (broad SMARTS) is 1. The van der Waals surface area contributed by atoms with Gasteiger partial charge in [0.2, 0.25) is 0 Å². The van der Waals surface area contributed by atoms with E-state index in [-0.39, 0.29) is 5.56 Å². The van der Waals surface area contributed by atoms with E-state index < -0.39 is 5.97 Å². The lowest BCUT2D eigenvalue weighted by molar-refractivity contribution is 0.0696. The van der Waals surface area contributed by atoms with E-state index in [0.717, 1.165) is 52.2 Å². The lowest BCUT2D eigenvalue weighted by Gasteiger charge is -2.18. The van der Waals surface area contributed by atoms with E-state index in [9.17, 15) is 9.90 Å². The molecular formula is C29H25ClN2O5. The Kier molecular flexibility index (Phi) is 5.80. The van der Waals surface area contributed by atoms with Crippen molar-refractivity contribution in [3.63, 3.8) is 0 Å². The highest BCUT2D eigenvalue weighted by Gasteiger charge is 2.33. The molecule has 0 saturated heterocycles. The zero-order valence-corrected chi connectivity index (χ0v) is 21.2. The summed E-state index contributed by atoms with van der Waals surface area (Å²) in [5.41, 5.74) is 5.49. The van der Waals surface area contributed by atoms with Crippen molar-refractivity contribution in [2.24, 2.45) is 0 Å². The van der Waals surface area contributed by atoms with E-state index in [1.807, 2.05) is 55.3 Å². The minimum Gasteiger partial charge on any atom is -0.489 e. The summed E-state index contributed by atoms with van der Waals surface area (Å²) in [5.74, 6) is 2.11. The highest BCUT2D eigenvalue weighted by molar-refractivity contribution is 6.33. The Morgan fingerprint density at radius 3 is 2.76 bits per heavy atom. The first-order chi connectivity index (χ1) is 17.9. The molecule has 7 nitrogen and oxygen atoms in total. The number of carboxylic acids is 1. The predicted molar refractivity (Wildman–Crippen MR) is 140 cm³/mol. The zero-order valence-electron chi connectivity index (χ0n) is 20.5. The molecule has 1 aromatic heterocycles. The van der Waals surface area contributed by atoms with Gasteiger partial charge in [-0.25, -0.2) is 4.79 Å². The third-order valence-electron chi connectivity index (χ3n) is 6.89. The van der Waals surface area contributed by atoms with Crippen LogP contribution in [0.25, 0.3) is 11.3 Å². The minimum absolute atomic E-state index is 0.181. The molecule has 2 heterocycles. The van der Waals surface area contributed by atoms with Crippen molar-refractivity contribution in [2.75, 3.05) is 11.9 Å². The molecule has 3 aromatic carbocycles. The first-order valence-electron chi connectivity index (χ1n) is 12.1. The molecule has 0 amide bonds. The van der Waals surface area contributed by atoms with Gasteiger partial charge < -0.3 is 24.0 Å². The predicted octanol–water partition coefficient (Wildman–Crippen LogP) is 7.20. The number of benzene rings is 3. The summed E-state index contributed by atoms with van der Waals surface area (Å²) in [7, 11) is 1.95. The Balaban J connectivity index is 1.29. The van der Waals surface area contributed by atoms with Gasteiger partial charge in [-0.3, -0.25) is 0 Å². The lowest BCUT2D eigenvalue weighted by Crippen LogP contribution is -2.15. The first-order valence-corrected chi connectivity index (χ1v) is 12.5. The molecule has 188 valence electrons. The molecule has 4 aromatic rings. The molecule has 1 aliphatic heterocycles. The Labute approximate surface area is 219 Å². The van der Waals surface area contributed by atoms with Gasteiger partial charge >= 0.3 is 5.97 Å². The van der Waals surface area contributed by atoms with Crippen LogP contribution in [0.3, 0.4) is 0 Å². The monoisotopic (exact) mass is 516 g/mol. The normalized spacial score (nSPS) is 14.4. The Hall–Kier alpha value is -3.97. The number of rotatable bonds is 6. The molecule has 1 saturated carbocycles. The number of hydrogen-bond donors (Lipinski definition) is 1. The summed E-state index contributed by atoms with van der Waals surface area (Å²) in [6.45, 7) is 2.89.